The molecule has 0 amide bonds. The Morgan fingerprint density at radius 1 is 1.09 bits per heavy atom. The first-order valence-electron chi connectivity index (χ1n) is 7.48. The molecule has 22 heavy (non-hydrogen) atoms. The molecule has 1 spiro atoms. The van der Waals surface area contributed by atoms with Gasteiger partial charge in [-0.25, -0.2) is 8.42 Å². The van der Waals surface area contributed by atoms with Crippen LogP contribution < -0.4 is 4.74 Å². The van der Waals surface area contributed by atoms with Crippen molar-refractivity contribution in [3.63, 3.8) is 0 Å². The molecule has 7 heteroatoms. The number of nitrogens with zero attached hydrogens (tertiary/aromatic N) is 1. The van der Waals surface area contributed by atoms with Crippen LogP contribution in [0.4, 0.5) is 0 Å². The van der Waals surface area contributed by atoms with Crippen molar-refractivity contribution in [1.29, 1.82) is 0 Å². The van der Waals surface area contributed by atoms with E-state index in [1.54, 1.807) is 31.4 Å². The van der Waals surface area contributed by atoms with E-state index in [4.69, 9.17) is 14.2 Å². The normalized spacial score (nSPS) is 22.6. The molecule has 0 atom stereocenters. The average Bonchev–Trinajstić information content (AvgIpc) is 2.56. The van der Waals surface area contributed by atoms with Crippen LogP contribution in [0, 0.1) is 0 Å². The molecule has 2 fully saturated rings. The predicted octanol–water partition coefficient (Wildman–Crippen LogP) is 1.61. The number of methoxy groups -OCH3 is 1. The molecule has 3 rings (SSSR count). The quantitative estimate of drug-likeness (QED) is 0.844. The second-order valence-electron chi connectivity index (χ2n) is 5.54. The maximum atomic E-state index is 12.7. The minimum Gasteiger partial charge on any atom is -0.497 e. The summed E-state index contributed by atoms with van der Waals surface area (Å²) < 4.78 is 43.4. The molecule has 122 valence electrons. The fourth-order valence-electron chi connectivity index (χ4n) is 2.87. The van der Waals surface area contributed by atoms with Crippen LogP contribution in [0.5, 0.6) is 5.75 Å². The molecule has 0 bridgehead atoms. The van der Waals surface area contributed by atoms with Crippen molar-refractivity contribution >= 4 is 10.0 Å². The van der Waals surface area contributed by atoms with Gasteiger partial charge in [0.2, 0.25) is 10.0 Å². The van der Waals surface area contributed by atoms with Crippen LogP contribution in [0.25, 0.3) is 0 Å². The van der Waals surface area contributed by atoms with Crippen molar-refractivity contribution in [1.82, 2.24) is 4.31 Å². The molecule has 1 aromatic carbocycles. The van der Waals surface area contributed by atoms with Gasteiger partial charge in [-0.1, -0.05) is 0 Å². The molecule has 0 N–H and O–H groups in total. The van der Waals surface area contributed by atoms with E-state index >= 15 is 0 Å². The molecule has 2 heterocycles. The van der Waals surface area contributed by atoms with Crippen LogP contribution in [0.1, 0.15) is 19.3 Å². The first-order chi connectivity index (χ1) is 10.6. The zero-order valence-electron chi connectivity index (χ0n) is 12.7. The molecule has 2 saturated heterocycles. The van der Waals surface area contributed by atoms with Gasteiger partial charge in [0.05, 0.1) is 25.2 Å². The summed E-state index contributed by atoms with van der Waals surface area (Å²) in [5.41, 5.74) is 0. The smallest absolute Gasteiger partial charge is 0.243 e. The molecule has 2 aliphatic heterocycles. The maximum absolute atomic E-state index is 12.7. The Kier molecular flexibility index (Phi) is 4.40. The van der Waals surface area contributed by atoms with Gasteiger partial charge >= 0.3 is 0 Å². The van der Waals surface area contributed by atoms with Crippen LogP contribution in [0.15, 0.2) is 29.2 Å². The largest absolute Gasteiger partial charge is 0.497 e. The Hall–Kier alpha value is -1.15. The fraction of sp³-hybridized carbons (Fsp3) is 0.600. The van der Waals surface area contributed by atoms with Crippen molar-refractivity contribution in [3.8, 4) is 5.75 Å². The number of rotatable bonds is 3. The lowest BCUT2D eigenvalue weighted by Gasteiger charge is -2.42. The second kappa shape index (κ2) is 6.16. The summed E-state index contributed by atoms with van der Waals surface area (Å²) in [5.74, 6) is 0.0602. The van der Waals surface area contributed by atoms with Crippen molar-refractivity contribution in [3.05, 3.63) is 24.3 Å². The third-order valence-electron chi connectivity index (χ3n) is 4.20. The number of hydrogen-bond donors (Lipinski definition) is 0. The molecule has 0 saturated carbocycles. The fourth-order valence-corrected chi connectivity index (χ4v) is 4.31. The average molecular weight is 327 g/mol. The monoisotopic (exact) mass is 327 g/mol. The second-order valence-corrected chi connectivity index (χ2v) is 7.48. The van der Waals surface area contributed by atoms with Crippen molar-refractivity contribution in [2.75, 3.05) is 33.4 Å². The van der Waals surface area contributed by atoms with Gasteiger partial charge in [0.25, 0.3) is 0 Å². The summed E-state index contributed by atoms with van der Waals surface area (Å²) in [7, 11) is -1.92. The van der Waals surface area contributed by atoms with Gasteiger partial charge in [-0.3, -0.25) is 0 Å². The van der Waals surface area contributed by atoms with Gasteiger partial charge in [-0.15, -0.1) is 0 Å². The summed E-state index contributed by atoms with van der Waals surface area (Å²) in [6.45, 7) is 2.19. The number of piperidine rings is 1. The first kappa shape index (κ1) is 15.7. The molecule has 0 aliphatic carbocycles. The Morgan fingerprint density at radius 2 is 1.68 bits per heavy atom. The maximum Gasteiger partial charge on any atom is 0.243 e. The van der Waals surface area contributed by atoms with Gasteiger partial charge in [0, 0.05) is 25.9 Å². The molecule has 1 aromatic rings. The number of ether oxygens (including phenoxy) is 3. The lowest BCUT2D eigenvalue weighted by atomic mass is 10.0. The van der Waals surface area contributed by atoms with Crippen LogP contribution in [0.2, 0.25) is 0 Å². The Bertz CT molecular complexity index is 597. The molecular formula is C15H21NO5S. The van der Waals surface area contributed by atoms with Crippen LogP contribution in [-0.2, 0) is 19.5 Å². The lowest BCUT2D eigenvalue weighted by Crippen LogP contribution is -2.51. The van der Waals surface area contributed by atoms with Crippen LogP contribution in [-0.4, -0.2) is 51.9 Å². The van der Waals surface area contributed by atoms with E-state index in [-0.39, 0.29) is 4.90 Å². The number of benzene rings is 1. The van der Waals surface area contributed by atoms with Crippen LogP contribution in [0.3, 0.4) is 0 Å². The molecule has 6 nitrogen and oxygen atoms in total. The summed E-state index contributed by atoms with van der Waals surface area (Å²) in [6.07, 6.45) is 2.04. The Balaban J connectivity index is 1.71. The number of sulfonamides is 1. The molecule has 0 unspecified atom stereocenters. The lowest BCUT2D eigenvalue weighted by molar-refractivity contribution is -0.280. The summed E-state index contributed by atoms with van der Waals surface area (Å²) in [6, 6.07) is 6.47. The third kappa shape index (κ3) is 2.99. The van der Waals surface area contributed by atoms with Crippen LogP contribution >= 0.6 is 0 Å². The predicted molar refractivity (Wildman–Crippen MR) is 80.2 cm³/mol. The van der Waals surface area contributed by atoms with Gasteiger partial charge in [-0.05, 0) is 30.7 Å². The van der Waals surface area contributed by atoms with Crippen molar-refractivity contribution < 1.29 is 22.6 Å². The standard InChI is InChI=1S/C15H21NO5S/c1-19-13-3-5-14(6-4-13)22(17,18)16-9-7-15(8-10-16)20-11-2-12-21-15/h3-6H,2,7-12H2,1H3. The minimum absolute atomic E-state index is 0.287. The highest BCUT2D eigenvalue weighted by Crippen LogP contribution is 2.33. The summed E-state index contributed by atoms with van der Waals surface area (Å²) in [5, 5.41) is 0. The van der Waals surface area contributed by atoms with Crippen molar-refractivity contribution in [2.45, 2.75) is 29.9 Å². The molecule has 2 aliphatic rings. The van der Waals surface area contributed by atoms with Gasteiger partial charge in [-0.2, -0.15) is 4.31 Å². The van der Waals surface area contributed by atoms with E-state index in [1.807, 2.05) is 0 Å². The minimum atomic E-state index is -3.48. The van der Waals surface area contributed by atoms with E-state index in [2.05, 4.69) is 0 Å². The first-order valence-corrected chi connectivity index (χ1v) is 8.92. The van der Waals surface area contributed by atoms with E-state index in [0.717, 1.165) is 6.42 Å². The van der Waals surface area contributed by atoms with Gasteiger partial charge < -0.3 is 14.2 Å². The summed E-state index contributed by atoms with van der Waals surface area (Å²) >= 11 is 0. The summed E-state index contributed by atoms with van der Waals surface area (Å²) in [4.78, 5) is 0.287. The SMILES string of the molecule is COc1ccc(S(=O)(=O)N2CCC3(CC2)OCCCO3)cc1. The van der Waals surface area contributed by atoms with Gasteiger partial charge in [0.1, 0.15) is 5.75 Å². The highest BCUT2D eigenvalue weighted by atomic mass is 32.2. The molecule has 0 radical (unpaired) electrons. The molecule has 0 aromatic heterocycles. The zero-order valence-corrected chi connectivity index (χ0v) is 13.5. The van der Waals surface area contributed by atoms with E-state index < -0.39 is 15.8 Å². The highest BCUT2D eigenvalue weighted by Gasteiger charge is 2.41. The van der Waals surface area contributed by atoms with Crippen molar-refractivity contribution in [2.24, 2.45) is 0 Å². The number of hydrogen-bond acceptors (Lipinski definition) is 5. The van der Waals surface area contributed by atoms with E-state index in [9.17, 15) is 8.42 Å². The Labute approximate surface area is 131 Å². The van der Waals surface area contributed by atoms with E-state index in [0.29, 0.717) is 44.9 Å². The zero-order chi connectivity index (χ0) is 15.6. The van der Waals surface area contributed by atoms with E-state index in [1.165, 1.54) is 4.31 Å². The highest BCUT2D eigenvalue weighted by molar-refractivity contribution is 7.89. The topological polar surface area (TPSA) is 65.1 Å². The molecular weight excluding hydrogens is 306 g/mol. The van der Waals surface area contributed by atoms with Gasteiger partial charge in [0.15, 0.2) is 5.79 Å². The Morgan fingerprint density at radius 3 is 2.23 bits per heavy atom. The third-order valence-corrected chi connectivity index (χ3v) is 6.11.